The minimum Gasteiger partial charge on any atom is -0.324 e. The molecule has 0 atom stereocenters. The smallest absolute Gasteiger partial charge is 0.224 e. The molecule has 0 unspecified atom stereocenters. The van der Waals surface area contributed by atoms with E-state index in [0.29, 0.717) is 17.3 Å². The van der Waals surface area contributed by atoms with Crippen molar-refractivity contribution in [2.45, 2.75) is 12.8 Å². The standard InChI is InChI=1S/C12H12N4OS/c1-18-12(14-7-13)15-9-4-2-3-8-5-6-10(17)16-11(8)9/h2-4H,5-6H2,1H3,(H,14,15)(H,16,17). The fourth-order valence-corrected chi connectivity index (χ4v) is 2.10. The summed E-state index contributed by atoms with van der Waals surface area (Å²) in [6.45, 7) is 0. The van der Waals surface area contributed by atoms with Gasteiger partial charge in [0.15, 0.2) is 11.4 Å². The van der Waals surface area contributed by atoms with Crippen molar-refractivity contribution in [3.8, 4) is 6.19 Å². The number of amides is 1. The Morgan fingerprint density at radius 1 is 1.56 bits per heavy atom. The lowest BCUT2D eigenvalue weighted by Gasteiger charge is -2.18. The van der Waals surface area contributed by atoms with Gasteiger partial charge < -0.3 is 5.32 Å². The van der Waals surface area contributed by atoms with Crippen LogP contribution in [0.4, 0.5) is 11.4 Å². The molecule has 0 aliphatic carbocycles. The molecule has 0 fully saturated rings. The number of fused-ring (bicyclic) bond motifs is 1. The van der Waals surface area contributed by atoms with Crippen LogP contribution in [0.3, 0.4) is 0 Å². The Hall–Kier alpha value is -2.00. The summed E-state index contributed by atoms with van der Waals surface area (Å²) in [5, 5.41) is 14.4. The fourth-order valence-electron chi connectivity index (χ4n) is 1.76. The summed E-state index contributed by atoms with van der Waals surface area (Å²) >= 11 is 1.34. The third-order valence-corrected chi connectivity index (χ3v) is 3.17. The topological polar surface area (TPSA) is 77.3 Å². The molecule has 2 rings (SSSR count). The molecule has 0 radical (unpaired) electrons. The van der Waals surface area contributed by atoms with E-state index in [-0.39, 0.29) is 5.91 Å². The van der Waals surface area contributed by atoms with E-state index >= 15 is 0 Å². The highest BCUT2D eigenvalue weighted by Gasteiger charge is 2.17. The number of carbonyl (C=O) groups is 1. The maximum atomic E-state index is 11.4. The molecule has 1 amide bonds. The highest BCUT2D eigenvalue weighted by Crippen LogP contribution is 2.33. The SMILES string of the molecule is CSC(=Nc1cccc2c1NC(=O)CC2)NC#N. The average Bonchev–Trinajstić information content (AvgIpc) is 2.38. The molecule has 92 valence electrons. The zero-order valence-corrected chi connectivity index (χ0v) is 10.7. The lowest BCUT2D eigenvalue weighted by Crippen LogP contribution is -2.19. The second kappa shape index (κ2) is 5.56. The predicted molar refractivity (Wildman–Crippen MR) is 72.8 cm³/mol. The van der Waals surface area contributed by atoms with Gasteiger partial charge in [0.05, 0.1) is 11.4 Å². The highest BCUT2D eigenvalue weighted by molar-refractivity contribution is 8.13. The van der Waals surface area contributed by atoms with Crippen molar-refractivity contribution < 1.29 is 4.79 Å². The van der Waals surface area contributed by atoms with Gasteiger partial charge in [0, 0.05) is 6.42 Å². The average molecular weight is 260 g/mol. The van der Waals surface area contributed by atoms with Crippen LogP contribution in [0.5, 0.6) is 0 Å². The van der Waals surface area contributed by atoms with Gasteiger partial charge >= 0.3 is 0 Å². The Morgan fingerprint density at radius 2 is 2.39 bits per heavy atom. The zero-order chi connectivity index (χ0) is 13.0. The van der Waals surface area contributed by atoms with Crippen LogP contribution in [-0.2, 0) is 11.2 Å². The van der Waals surface area contributed by atoms with E-state index in [4.69, 9.17) is 5.26 Å². The van der Waals surface area contributed by atoms with Gasteiger partial charge in [-0.25, -0.2) is 4.99 Å². The van der Waals surface area contributed by atoms with Crippen LogP contribution >= 0.6 is 11.8 Å². The first-order chi connectivity index (χ1) is 8.74. The Bertz CT molecular complexity index is 547. The van der Waals surface area contributed by atoms with E-state index in [0.717, 1.165) is 17.7 Å². The predicted octanol–water partition coefficient (Wildman–Crippen LogP) is 1.99. The number of nitrogens with one attached hydrogen (secondary N) is 2. The Morgan fingerprint density at radius 3 is 3.11 bits per heavy atom. The van der Waals surface area contributed by atoms with Gasteiger partial charge in [0.2, 0.25) is 5.91 Å². The normalized spacial score (nSPS) is 14.4. The molecule has 6 heteroatoms. The molecule has 2 N–H and O–H groups in total. The van der Waals surface area contributed by atoms with E-state index < -0.39 is 0 Å². The monoisotopic (exact) mass is 260 g/mol. The van der Waals surface area contributed by atoms with Crippen LogP contribution in [0.25, 0.3) is 0 Å². The quantitative estimate of drug-likeness (QED) is 0.350. The first-order valence-electron chi connectivity index (χ1n) is 5.44. The number of thioether (sulfide) groups is 1. The minimum atomic E-state index is 0.00379. The Balaban J connectivity index is 2.40. The Labute approximate surface area is 109 Å². The lowest BCUT2D eigenvalue weighted by atomic mass is 10.0. The Kier molecular flexibility index (Phi) is 3.85. The molecule has 5 nitrogen and oxygen atoms in total. The fraction of sp³-hybridized carbons (Fsp3) is 0.250. The molecule has 0 bridgehead atoms. The molecule has 0 spiro atoms. The number of nitriles is 1. The summed E-state index contributed by atoms with van der Waals surface area (Å²) in [4.78, 5) is 15.8. The number of rotatable bonds is 1. The second-order valence-corrected chi connectivity index (χ2v) is 4.51. The first-order valence-corrected chi connectivity index (χ1v) is 6.66. The maximum Gasteiger partial charge on any atom is 0.224 e. The maximum absolute atomic E-state index is 11.4. The van der Waals surface area contributed by atoms with Crippen molar-refractivity contribution >= 4 is 34.2 Å². The number of anilines is 1. The van der Waals surface area contributed by atoms with Crippen molar-refractivity contribution in [3.63, 3.8) is 0 Å². The summed E-state index contributed by atoms with van der Waals surface area (Å²) < 4.78 is 0. The molecular formula is C12H12N4OS. The van der Waals surface area contributed by atoms with Crippen LogP contribution in [-0.4, -0.2) is 17.3 Å². The number of hydrogen-bond acceptors (Lipinski definition) is 4. The third kappa shape index (κ3) is 2.63. The largest absolute Gasteiger partial charge is 0.324 e. The second-order valence-electron chi connectivity index (χ2n) is 3.72. The van der Waals surface area contributed by atoms with Crippen LogP contribution in [0.1, 0.15) is 12.0 Å². The van der Waals surface area contributed by atoms with Gasteiger partial charge in [0.1, 0.15) is 0 Å². The number of para-hydroxylation sites is 1. The molecule has 1 aromatic carbocycles. The van der Waals surface area contributed by atoms with Gasteiger partial charge in [-0.3, -0.25) is 10.1 Å². The zero-order valence-electron chi connectivity index (χ0n) is 9.86. The van der Waals surface area contributed by atoms with Crippen molar-refractivity contribution in [1.82, 2.24) is 5.32 Å². The van der Waals surface area contributed by atoms with Crippen molar-refractivity contribution in [2.75, 3.05) is 11.6 Å². The molecule has 18 heavy (non-hydrogen) atoms. The molecule has 1 heterocycles. The van der Waals surface area contributed by atoms with Crippen LogP contribution in [0.15, 0.2) is 23.2 Å². The number of benzene rings is 1. The molecule has 0 saturated carbocycles. The number of nitrogens with zero attached hydrogens (tertiary/aromatic N) is 2. The van der Waals surface area contributed by atoms with E-state index in [1.165, 1.54) is 11.8 Å². The number of carbonyl (C=O) groups excluding carboxylic acids is 1. The third-order valence-electron chi connectivity index (χ3n) is 2.59. The van der Waals surface area contributed by atoms with E-state index in [2.05, 4.69) is 15.6 Å². The number of hydrogen-bond donors (Lipinski definition) is 2. The summed E-state index contributed by atoms with van der Waals surface area (Å²) in [6.07, 6.45) is 4.90. The minimum absolute atomic E-state index is 0.00379. The van der Waals surface area contributed by atoms with Crippen LogP contribution in [0, 0.1) is 11.5 Å². The molecule has 0 aromatic heterocycles. The van der Waals surface area contributed by atoms with E-state index in [1.807, 2.05) is 30.6 Å². The van der Waals surface area contributed by atoms with Crippen LogP contribution < -0.4 is 10.6 Å². The molecule has 1 aromatic rings. The number of aliphatic imine (C=N–C) groups is 1. The van der Waals surface area contributed by atoms with E-state index in [1.54, 1.807) is 0 Å². The van der Waals surface area contributed by atoms with Gasteiger partial charge in [-0.2, -0.15) is 5.26 Å². The summed E-state index contributed by atoms with van der Waals surface area (Å²) in [7, 11) is 0. The van der Waals surface area contributed by atoms with Crippen molar-refractivity contribution in [1.29, 1.82) is 5.26 Å². The van der Waals surface area contributed by atoms with Crippen LogP contribution in [0.2, 0.25) is 0 Å². The first kappa shape index (κ1) is 12.5. The summed E-state index contributed by atoms with van der Waals surface area (Å²) in [6, 6.07) is 5.70. The highest BCUT2D eigenvalue weighted by atomic mass is 32.2. The molecule has 1 aliphatic rings. The molecular weight excluding hydrogens is 248 g/mol. The van der Waals surface area contributed by atoms with Gasteiger partial charge in [-0.1, -0.05) is 23.9 Å². The lowest BCUT2D eigenvalue weighted by molar-refractivity contribution is -0.116. The summed E-state index contributed by atoms with van der Waals surface area (Å²) in [5.74, 6) is 0.00379. The van der Waals surface area contributed by atoms with Gasteiger partial charge in [-0.15, -0.1) is 0 Å². The van der Waals surface area contributed by atoms with Crippen molar-refractivity contribution in [3.05, 3.63) is 23.8 Å². The van der Waals surface area contributed by atoms with Gasteiger partial charge in [0.25, 0.3) is 0 Å². The van der Waals surface area contributed by atoms with Gasteiger partial charge in [-0.05, 0) is 24.3 Å². The number of aryl methyl sites for hydroxylation is 1. The number of amidine groups is 1. The van der Waals surface area contributed by atoms with E-state index in [9.17, 15) is 4.79 Å². The summed E-state index contributed by atoms with van der Waals surface area (Å²) in [5.41, 5.74) is 2.50. The van der Waals surface area contributed by atoms with Crippen molar-refractivity contribution in [2.24, 2.45) is 4.99 Å². The molecule has 1 aliphatic heterocycles. The molecule has 0 saturated heterocycles.